The smallest absolute Gasteiger partial charge is 0.333 e. The van der Waals surface area contributed by atoms with Gasteiger partial charge in [-0.15, -0.1) is 0 Å². The highest BCUT2D eigenvalue weighted by molar-refractivity contribution is 5.87. The Morgan fingerprint density at radius 1 is 1.45 bits per heavy atom. The molecule has 1 atom stereocenters. The van der Waals surface area contributed by atoms with Crippen molar-refractivity contribution in [2.75, 3.05) is 13.7 Å². The Bertz CT molecular complexity index is 519. The van der Waals surface area contributed by atoms with Crippen LogP contribution in [0.4, 0.5) is 0 Å². The SMILES string of the molecule is C/C=C(/C)C(=O)OC[C@@](C)(OC)c1ccc(C)cc1O. The van der Waals surface area contributed by atoms with Crippen molar-refractivity contribution in [1.29, 1.82) is 0 Å². The maximum Gasteiger partial charge on any atom is 0.333 e. The van der Waals surface area contributed by atoms with E-state index in [0.29, 0.717) is 11.1 Å². The molecule has 0 spiro atoms. The highest BCUT2D eigenvalue weighted by Gasteiger charge is 2.31. The second-order valence-electron chi connectivity index (χ2n) is 5.00. The molecule has 0 fully saturated rings. The van der Waals surface area contributed by atoms with Gasteiger partial charge < -0.3 is 14.6 Å². The quantitative estimate of drug-likeness (QED) is 0.664. The fraction of sp³-hybridized carbons (Fsp3) is 0.438. The van der Waals surface area contributed by atoms with Crippen LogP contribution in [0.15, 0.2) is 29.8 Å². The third-order valence-corrected chi connectivity index (χ3v) is 3.41. The van der Waals surface area contributed by atoms with Gasteiger partial charge in [0.05, 0.1) is 0 Å². The predicted octanol–water partition coefficient (Wildman–Crippen LogP) is 3.07. The number of aryl methyl sites for hydroxylation is 1. The molecule has 20 heavy (non-hydrogen) atoms. The Balaban J connectivity index is 2.94. The minimum Gasteiger partial charge on any atom is -0.508 e. The summed E-state index contributed by atoms with van der Waals surface area (Å²) in [4.78, 5) is 11.7. The van der Waals surface area contributed by atoms with Crippen LogP contribution in [0.2, 0.25) is 0 Å². The number of rotatable bonds is 5. The first kappa shape index (κ1) is 16.2. The number of carbonyl (C=O) groups is 1. The van der Waals surface area contributed by atoms with E-state index in [1.165, 1.54) is 7.11 Å². The van der Waals surface area contributed by atoms with Crippen LogP contribution in [0.3, 0.4) is 0 Å². The number of hydrogen-bond acceptors (Lipinski definition) is 4. The Morgan fingerprint density at radius 2 is 2.10 bits per heavy atom. The molecular formula is C16H22O4. The number of carbonyl (C=O) groups excluding carboxylic acids is 1. The van der Waals surface area contributed by atoms with Crippen LogP contribution < -0.4 is 0 Å². The predicted molar refractivity (Wildman–Crippen MR) is 77.6 cm³/mol. The number of phenolic OH excluding ortho intramolecular Hbond substituents is 1. The monoisotopic (exact) mass is 278 g/mol. The van der Waals surface area contributed by atoms with Crippen molar-refractivity contribution in [1.82, 2.24) is 0 Å². The average molecular weight is 278 g/mol. The van der Waals surface area contributed by atoms with Crippen LogP contribution in [0.25, 0.3) is 0 Å². The molecule has 0 radical (unpaired) electrons. The molecule has 1 rings (SSSR count). The lowest BCUT2D eigenvalue weighted by Crippen LogP contribution is -2.32. The summed E-state index contributed by atoms with van der Waals surface area (Å²) in [5.74, 6) is -0.254. The van der Waals surface area contributed by atoms with Crippen LogP contribution in [0.5, 0.6) is 5.75 Å². The number of benzene rings is 1. The zero-order chi connectivity index (χ0) is 15.3. The van der Waals surface area contributed by atoms with E-state index in [-0.39, 0.29) is 18.3 Å². The molecular weight excluding hydrogens is 256 g/mol. The highest BCUT2D eigenvalue weighted by Crippen LogP contribution is 2.33. The Morgan fingerprint density at radius 3 is 2.60 bits per heavy atom. The van der Waals surface area contributed by atoms with Crippen molar-refractivity contribution < 1.29 is 19.4 Å². The zero-order valence-electron chi connectivity index (χ0n) is 12.7. The molecule has 0 bridgehead atoms. The summed E-state index contributed by atoms with van der Waals surface area (Å²) < 4.78 is 10.7. The fourth-order valence-corrected chi connectivity index (χ4v) is 1.77. The number of methoxy groups -OCH3 is 1. The van der Waals surface area contributed by atoms with E-state index in [0.717, 1.165) is 5.56 Å². The molecule has 1 aromatic carbocycles. The third-order valence-electron chi connectivity index (χ3n) is 3.41. The average Bonchev–Trinajstić information content (AvgIpc) is 2.43. The molecule has 0 saturated heterocycles. The van der Waals surface area contributed by atoms with Gasteiger partial charge in [0, 0.05) is 18.2 Å². The van der Waals surface area contributed by atoms with E-state index in [9.17, 15) is 9.90 Å². The summed E-state index contributed by atoms with van der Waals surface area (Å²) in [7, 11) is 1.52. The second kappa shape index (κ2) is 6.57. The van der Waals surface area contributed by atoms with E-state index in [1.54, 1.807) is 39.0 Å². The molecule has 0 aliphatic carbocycles. The van der Waals surface area contributed by atoms with Gasteiger partial charge in [-0.2, -0.15) is 0 Å². The Kier molecular flexibility index (Phi) is 5.34. The summed E-state index contributed by atoms with van der Waals surface area (Å²) in [6.45, 7) is 7.16. The zero-order valence-corrected chi connectivity index (χ0v) is 12.7. The topological polar surface area (TPSA) is 55.8 Å². The normalized spacial score (nSPS) is 14.8. The summed E-state index contributed by atoms with van der Waals surface area (Å²) in [5, 5.41) is 10.0. The molecule has 1 N–H and O–H groups in total. The van der Waals surface area contributed by atoms with Gasteiger partial charge in [-0.3, -0.25) is 0 Å². The van der Waals surface area contributed by atoms with E-state index in [2.05, 4.69) is 0 Å². The van der Waals surface area contributed by atoms with Crippen molar-refractivity contribution in [3.63, 3.8) is 0 Å². The van der Waals surface area contributed by atoms with E-state index < -0.39 is 5.60 Å². The van der Waals surface area contributed by atoms with E-state index in [1.807, 2.05) is 13.0 Å². The highest BCUT2D eigenvalue weighted by atomic mass is 16.6. The van der Waals surface area contributed by atoms with Crippen LogP contribution in [-0.2, 0) is 19.9 Å². The number of ether oxygens (including phenoxy) is 2. The molecule has 0 aromatic heterocycles. The van der Waals surface area contributed by atoms with Gasteiger partial charge in [0.15, 0.2) is 0 Å². The lowest BCUT2D eigenvalue weighted by Gasteiger charge is -2.29. The van der Waals surface area contributed by atoms with Gasteiger partial charge in [0.25, 0.3) is 0 Å². The van der Waals surface area contributed by atoms with Gasteiger partial charge in [-0.1, -0.05) is 18.2 Å². The van der Waals surface area contributed by atoms with Crippen molar-refractivity contribution in [2.24, 2.45) is 0 Å². The second-order valence-corrected chi connectivity index (χ2v) is 5.00. The molecule has 0 saturated carbocycles. The van der Waals surface area contributed by atoms with Gasteiger partial charge in [-0.05, 0) is 39.3 Å². The number of hydrogen-bond donors (Lipinski definition) is 1. The van der Waals surface area contributed by atoms with E-state index in [4.69, 9.17) is 9.47 Å². The van der Waals surface area contributed by atoms with Gasteiger partial charge >= 0.3 is 5.97 Å². The van der Waals surface area contributed by atoms with Crippen LogP contribution in [0, 0.1) is 6.92 Å². The molecule has 0 heterocycles. The molecule has 4 heteroatoms. The van der Waals surface area contributed by atoms with Crippen molar-refractivity contribution in [3.05, 3.63) is 41.0 Å². The molecule has 0 aliphatic rings. The molecule has 4 nitrogen and oxygen atoms in total. The molecule has 1 aromatic rings. The summed E-state index contributed by atoms with van der Waals surface area (Å²) >= 11 is 0. The minimum absolute atomic E-state index is 0.0319. The summed E-state index contributed by atoms with van der Waals surface area (Å²) in [6, 6.07) is 5.32. The molecule has 110 valence electrons. The lowest BCUT2D eigenvalue weighted by atomic mass is 9.94. The Labute approximate surface area is 120 Å². The van der Waals surface area contributed by atoms with Gasteiger partial charge in [0.1, 0.15) is 18.0 Å². The Hall–Kier alpha value is -1.81. The third kappa shape index (κ3) is 3.61. The number of aromatic hydroxyl groups is 1. The maximum atomic E-state index is 11.7. The molecule has 0 amide bonds. The van der Waals surface area contributed by atoms with Gasteiger partial charge in [0.2, 0.25) is 0 Å². The first-order valence-corrected chi connectivity index (χ1v) is 6.49. The maximum absolute atomic E-state index is 11.7. The minimum atomic E-state index is -0.887. The molecule has 0 unspecified atom stereocenters. The standard InChI is InChI=1S/C16H22O4/c1-6-12(3)15(18)20-10-16(4,19-5)13-8-7-11(2)9-14(13)17/h6-9,17H,10H2,1-5H3/b12-6-/t16-/m1/s1. The largest absolute Gasteiger partial charge is 0.508 e. The summed E-state index contributed by atoms with van der Waals surface area (Å²) in [5.41, 5.74) is 1.20. The fourth-order valence-electron chi connectivity index (χ4n) is 1.77. The van der Waals surface area contributed by atoms with Crippen LogP contribution in [-0.4, -0.2) is 24.8 Å². The van der Waals surface area contributed by atoms with E-state index >= 15 is 0 Å². The first-order valence-electron chi connectivity index (χ1n) is 6.49. The number of allylic oxidation sites excluding steroid dienone is 1. The van der Waals surface area contributed by atoms with Crippen molar-refractivity contribution in [2.45, 2.75) is 33.3 Å². The lowest BCUT2D eigenvalue weighted by molar-refractivity contribution is -0.148. The number of esters is 1. The first-order chi connectivity index (χ1) is 9.34. The van der Waals surface area contributed by atoms with Crippen LogP contribution in [0.1, 0.15) is 31.9 Å². The van der Waals surface area contributed by atoms with Gasteiger partial charge in [-0.25, -0.2) is 4.79 Å². The summed E-state index contributed by atoms with van der Waals surface area (Å²) in [6.07, 6.45) is 1.69. The number of phenols is 1. The van der Waals surface area contributed by atoms with Crippen molar-refractivity contribution >= 4 is 5.97 Å². The van der Waals surface area contributed by atoms with Crippen LogP contribution >= 0.6 is 0 Å². The van der Waals surface area contributed by atoms with Crippen molar-refractivity contribution in [3.8, 4) is 5.75 Å². The molecule has 0 aliphatic heterocycles.